The molecular weight excluding hydrogens is 248 g/mol. The van der Waals surface area contributed by atoms with Gasteiger partial charge in [0.05, 0.1) is 5.54 Å². The highest BCUT2D eigenvalue weighted by molar-refractivity contribution is 5.57. The number of alkyl halides is 2. The number of aryl methyl sites for hydroxylation is 1. The number of rotatable bonds is 4. The molecule has 0 aliphatic rings. The molecule has 2 nitrogen and oxygen atoms in total. The van der Waals surface area contributed by atoms with Gasteiger partial charge in [0.15, 0.2) is 0 Å². The van der Waals surface area contributed by atoms with E-state index in [0.717, 1.165) is 11.1 Å². The average Bonchev–Trinajstić information content (AvgIpc) is 2.77. The smallest absolute Gasteiger partial charge is 0.256 e. The fourth-order valence-electron chi connectivity index (χ4n) is 1.80. The van der Waals surface area contributed by atoms with E-state index in [-0.39, 0.29) is 6.42 Å². The molecule has 0 aliphatic carbocycles. The first-order valence-electron chi connectivity index (χ1n) is 6.11. The Hall–Kier alpha value is -1.68. The van der Waals surface area contributed by atoms with E-state index < -0.39 is 12.0 Å². The molecule has 4 heteroatoms. The fraction of sp³-hybridized carbons (Fsp3) is 0.333. The molecule has 2 aromatic rings. The van der Waals surface area contributed by atoms with E-state index in [2.05, 4.69) is 0 Å². The quantitative estimate of drug-likeness (QED) is 0.913. The summed E-state index contributed by atoms with van der Waals surface area (Å²) in [4.78, 5) is 0. The molecule has 0 fully saturated rings. The zero-order chi connectivity index (χ0) is 14.0. The lowest BCUT2D eigenvalue weighted by Gasteiger charge is -2.21. The van der Waals surface area contributed by atoms with E-state index in [0.29, 0.717) is 11.5 Å². The summed E-state index contributed by atoms with van der Waals surface area (Å²) in [5.41, 5.74) is 6.06. The van der Waals surface area contributed by atoms with Crippen molar-refractivity contribution in [3.05, 3.63) is 47.7 Å². The SMILES string of the molecule is Cc1ccc(-c2ccc(CC(C)(N)C(F)F)o2)cc1. The number of furan rings is 1. The Morgan fingerprint density at radius 3 is 2.37 bits per heavy atom. The van der Waals surface area contributed by atoms with Gasteiger partial charge in [-0.1, -0.05) is 29.8 Å². The van der Waals surface area contributed by atoms with E-state index in [9.17, 15) is 8.78 Å². The third-order valence-electron chi connectivity index (χ3n) is 3.05. The second kappa shape index (κ2) is 5.13. The fourth-order valence-corrected chi connectivity index (χ4v) is 1.80. The number of nitrogens with two attached hydrogens (primary N) is 1. The van der Waals surface area contributed by atoms with Gasteiger partial charge in [0.1, 0.15) is 11.5 Å². The van der Waals surface area contributed by atoms with Crippen LogP contribution in [0.2, 0.25) is 0 Å². The summed E-state index contributed by atoms with van der Waals surface area (Å²) in [5, 5.41) is 0. The van der Waals surface area contributed by atoms with E-state index in [4.69, 9.17) is 10.2 Å². The van der Waals surface area contributed by atoms with E-state index in [1.165, 1.54) is 6.92 Å². The molecule has 1 unspecified atom stereocenters. The Bertz CT molecular complexity index is 544. The third-order valence-corrected chi connectivity index (χ3v) is 3.05. The van der Waals surface area contributed by atoms with Crippen molar-refractivity contribution in [1.29, 1.82) is 0 Å². The van der Waals surface area contributed by atoms with Crippen LogP contribution in [0.1, 0.15) is 18.2 Å². The summed E-state index contributed by atoms with van der Waals surface area (Å²) in [6.07, 6.45) is -2.57. The predicted octanol–water partition coefficient (Wildman–Crippen LogP) is 3.78. The van der Waals surface area contributed by atoms with Gasteiger partial charge in [-0.3, -0.25) is 0 Å². The van der Waals surface area contributed by atoms with Crippen molar-refractivity contribution in [3.8, 4) is 11.3 Å². The van der Waals surface area contributed by atoms with Gasteiger partial charge in [-0.05, 0) is 26.0 Å². The van der Waals surface area contributed by atoms with Crippen molar-refractivity contribution >= 4 is 0 Å². The van der Waals surface area contributed by atoms with Crippen LogP contribution in [0.15, 0.2) is 40.8 Å². The highest BCUT2D eigenvalue weighted by Crippen LogP contribution is 2.25. The minimum Gasteiger partial charge on any atom is -0.461 e. The standard InChI is InChI=1S/C15H17F2NO/c1-10-3-5-11(6-4-10)13-8-7-12(19-13)9-15(2,18)14(16)17/h3-8,14H,9,18H2,1-2H3. The minimum atomic E-state index is -2.58. The number of hydrogen-bond donors (Lipinski definition) is 1. The summed E-state index contributed by atoms with van der Waals surface area (Å²) in [6, 6.07) is 11.3. The van der Waals surface area contributed by atoms with Crippen LogP contribution in [0, 0.1) is 6.92 Å². The molecule has 102 valence electrons. The maximum absolute atomic E-state index is 12.7. The average molecular weight is 265 g/mol. The summed E-state index contributed by atoms with van der Waals surface area (Å²) in [5.74, 6) is 1.14. The van der Waals surface area contributed by atoms with Gasteiger partial charge >= 0.3 is 0 Å². The van der Waals surface area contributed by atoms with Crippen LogP contribution in [0.5, 0.6) is 0 Å². The molecule has 0 saturated carbocycles. The van der Waals surface area contributed by atoms with Gasteiger partial charge in [0.2, 0.25) is 0 Å². The lowest BCUT2D eigenvalue weighted by Crippen LogP contribution is -2.45. The molecule has 0 amide bonds. The molecular formula is C15H17F2NO. The molecule has 19 heavy (non-hydrogen) atoms. The Balaban J connectivity index is 2.18. The van der Waals surface area contributed by atoms with Crippen LogP contribution in [-0.4, -0.2) is 12.0 Å². The van der Waals surface area contributed by atoms with Crippen molar-refractivity contribution in [3.63, 3.8) is 0 Å². The van der Waals surface area contributed by atoms with Crippen molar-refractivity contribution in [1.82, 2.24) is 0 Å². The summed E-state index contributed by atoms with van der Waals surface area (Å²) in [6.45, 7) is 3.32. The minimum absolute atomic E-state index is 0.0104. The molecule has 0 radical (unpaired) electrons. The Morgan fingerprint density at radius 2 is 1.79 bits per heavy atom. The zero-order valence-corrected chi connectivity index (χ0v) is 11.0. The molecule has 1 atom stereocenters. The first-order chi connectivity index (χ1) is 8.88. The maximum atomic E-state index is 12.7. The zero-order valence-electron chi connectivity index (χ0n) is 11.0. The van der Waals surface area contributed by atoms with Crippen molar-refractivity contribution < 1.29 is 13.2 Å². The molecule has 0 bridgehead atoms. The topological polar surface area (TPSA) is 39.2 Å². The first kappa shape index (κ1) is 13.7. The van der Waals surface area contributed by atoms with Crippen LogP contribution in [0.4, 0.5) is 8.78 Å². The van der Waals surface area contributed by atoms with Crippen LogP contribution < -0.4 is 5.73 Å². The maximum Gasteiger partial charge on any atom is 0.256 e. The van der Waals surface area contributed by atoms with Crippen LogP contribution in [0.3, 0.4) is 0 Å². The van der Waals surface area contributed by atoms with Gasteiger partial charge in [-0.2, -0.15) is 0 Å². The normalized spacial score (nSPS) is 14.6. The summed E-state index contributed by atoms with van der Waals surface area (Å²) >= 11 is 0. The largest absolute Gasteiger partial charge is 0.461 e. The molecule has 1 aromatic heterocycles. The van der Waals surface area contributed by atoms with Gasteiger partial charge in [0.25, 0.3) is 6.43 Å². The third kappa shape index (κ3) is 3.20. The van der Waals surface area contributed by atoms with Gasteiger partial charge in [0, 0.05) is 12.0 Å². The van der Waals surface area contributed by atoms with Crippen molar-refractivity contribution in [2.24, 2.45) is 5.73 Å². The highest BCUT2D eigenvalue weighted by Gasteiger charge is 2.31. The monoisotopic (exact) mass is 265 g/mol. The van der Waals surface area contributed by atoms with Crippen LogP contribution in [-0.2, 0) is 6.42 Å². The van der Waals surface area contributed by atoms with Gasteiger partial charge in [-0.15, -0.1) is 0 Å². The Kier molecular flexibility index (Phi) is 3.71. The lowest BCUT2D eigenvalue weighted by molar-refractivity contribution is 0.0611. The van der Waals surface area contributed by atoms with Crippen molar-refractivity contribution in [2.45, 2.75) is 32.2 Å². The van der Waals surface area contributed by atoms with Crippen LogP contribution in [0.25, 0.3) is 11.3 Å². The molecule has 1 heterocycles. The summed E-state index contributed by atoms with van der Waals surface area (Å²) < 4.78 is 31.0. The molecule has 0 aliphatic heterocycles. The lowest BCUT2D eigenvalue weighted by atomic mass is 9.99. The Morgan fingerprint density at radius 1 is 1.16 bits per heavy atom. The van der Waals surface area contributed by atoms with Gasteiger partial charge < -0.3 is 10.2 Å². The molecule has 0 saturated heterocycles. The number of halogens is 2. The van der Waals surface area contributed by atoms with E-state index in [1.54, 1.807) is 12.1 Å². The number of hydrogen-bond acceptors (Lipinski definition) is 2. The number of benzene rings is 1. The Labute approximate surface area is 111 Å². The highest BCUT2D eigenvalue weighted by atomic mass is 19.3. The molecule has 1 aromatic carbocycles. The first-order valence-corrected chi connectivity index (χ1v) is 6.11. The van der Waals surface area contributed by atoms with Gasteiger partial charge in [-0.25, -0.2) is 8.78 Å². The van der Waals surface area contributed by atoms with Crippen LogP contribution >= 0.6 is 0 Å². The molecule has 2 N–H and O–H groups in total. The predicted molar refractivity (Wildman–Crippen MR) is 71.2 cm³/mol. The second-order valence-electron chi connectivity index (χ2n) is 5.12. The molecule has 2 rings (SSSR count). The van der Waals surface area contributed by atoms with Crippen molar-refractivity contribution in [2.75, 3.05) is 0 Å². The molecule has 0 spiro atoms. The second-order valence-corrected chi connectivity index (χ2v) is 5.12. The van der Waals surface area contributed by atoms with E-state index >= 15 is 0 Å². The van der Waals surface area contributed by atoms with E-state index in [1.807, 2.05) is 31.2 Å². The summed E-state index contributed by atoms with van der Waals surface area (Å²) in [7, 11) is 0.